The van der Waals surface area contributed by atoms with Crippen LogP contribution in [0.15, 0.2) is 18.2 Å². The van der Waals surface area contributed by atoms with Gasteiger partial charge in [-0.1, -0.05) is 13.0 Å². The van der Waals surface area contributed by atoms with Crippen molar-refractivity contribution >= 4 is 0 Å². The molecule has 2 rings (SSSR count). The van der Waals surface area contributed by atoms with E-state index in [-0.39, 0.29) is 5.82 Å². The van der Waals surface area contributed by atoms with Crippen LogP contribution in [0.3, 0.4) is 0 Å². The minimum atomic E-state index is -0.129. The molecule has 1 aromatic carbocycles. The summed E-state index contributed by atoms with van der Waals surface area (Å²) in [6.45, 7) is 6.56. The summed E-state index contributed by atoms with van der Waals surface area (Å²) < 4.78 is 13.0. The van der Waals surface area contributed by atoms with E-state index in [9.17, 15) is 4.39 Å². The summed E-state index contributed by atoms with van der Waals surface area (Å²) in [5.41, 5.74) is 2.37. The molecule has 16 heavy (non-hydrogen) atoms. The summed E-state index contributed by atoms with van der Waals surface area (Å²) in [5.74, 6) is 1.33. The average Bonchev–Trinajstić information content (AvgIpc) is 2.25. The number of nitrogens with one attached hydrogen (secondary N) is 1. The Balaban J connectivity index is 2.07. The van der Waals surface area contributed by atoms with Crippen molar-refractivity contribution in [2.75, 3.05) is 13.1 Å². The molecule has 1 fully saturated rings. The molecule has 1 saturated heterocycles. The third kappa shape index (κ3) is 2.62. The second-order valence-electron chi connectivity index (χ2n) is 5.01. The molecule has 1 N–H and O–H groups in total. The van der Waals surface area contributed by atoms with Crippen molar-refractivity contribution < 1.29 is 4.39 Å². The van der Waals surface area contributed by atoms with E-state index in [1.165, 1.54) is 12.0 Å². The van der Waals surface area contributed by atoms with E-state index >= 15 is 0 Å². The van der Waals surface area contributed by atoms with Gasteiger partial charge in [0.2, 0.25) is 0 Å². The number of piperidine rings is 1. The maximum atomic E-state index is 13.0. The van der Waals surface area contributed by atoms with Crippen LogP contribution in [0.25, 0.3) is 0 Å². The number of halogens is 1. The normalized spacial score (nSPS) is 25.7. The van der Waals surface area contributed by atoms with Crippen LogP contribution in [0.2, 0.25) is 0 Å². The minimum Gasteiger partial charge on any atom is -0.316 e. The van der Waals surface area contributed by atoms with E-state index in [1.54, 1.807) is 12.1 Å². The Morgan fingerprint density at radius 3 is 2.94 bits per heavy atom. The third-order valence-corrected chi connectivity index (χ3v) is 3.77. The smallest absolute Gasteiger partial charge is 0.123 e. The van der Waals surface area contributed by atoms with Crippen molar-refractivity contribution in [2.45, 2.75) is 26.7 Å². The van der Waals surface area contributed by atoms with Crippen LogP contribution in [-0.4, -0.2) is 13.1 Å². The third-order valence-electron chi connectivity index (χ3n) is 3.77. The zero-order valence-corrected chi connectivity index (χ0v) is 10.1. The molecule has 0 spiro atoms. The molecule has 0 radical (unpaired) electrons. The van der Waals surface area contributed by atoms with Crippen LogP contribution in [0, 0.1) is 24.6 Å². The van der Waals surface area contributed by atoms with Crippen molar-refractivity contribution in [2.24, 2.45) is 11.8 Å². The van der Waals surface area contributed by atoms with Crippen molar-refractivity contribution in [1.29, 1.82) is 0 Å². The molecule has 1 nitrogen and oxygen atoms in total. The second kappa shape index (κ2) is 4.96. The Bertz CT molecular complexity index is 362. The molecule has 1 aliphatic heterocycles. The van der Waals surface area contributed by atoms with Gasteiger partial charge < -0.3 is 5.32 Å². The highest BCUT2D eigenvalue weighted by molar-refractivity contribution is 5.27. The standard InChI is InChI=1S/C14H20FN/c1-10-5-6-16-9-13(10)8-12-3-4-14(15)7-11(12)2/h3-4,7,10,13,16H,5-6,8-9H2,1-2H3. The van der Waals surface area contributed by atoms with Gasteiger partial charge in [0.1, 0.15) is 5.82 Å². The van der Waals surface area contributed by atoms with Gasteiger partial charge in [0.25, 0.3) is 0 Å². The lowest BCUT2D eigenvalue weighted by molar-refractivity contribution is 0.272. The quantitative estimate of drug-likeness (QED) is 0.809. The average molecular weight is 221 g/mol. The van der Waals surface area contributed by atoms with E-state index in [2.05, 4.69) is 12.2 Å². The van der Waals surface area contributed by atoms with Gasteiger partial charge in [-0.15, -0.1) is 0 Å². The van der Waals surface area contributed by atoms with E-state index in [1.807, 2.05) is 13.0 Å². The zero-order chi connectivity index (χ0) is 11.5. The van der Waals surface area contributed by atoms with Crippen LogP contribution in [0.1, 0.15) is 24.5 Å². The first-order chi connectivity index (χ1) is 7.66. The summed E-state index contributed by atoms with van der Waals surface area (Å²) in [5, 5.41) is 3.44. The Labute approximate surface area is 97.1 Å². The van der Waals surface area contributed by atoms with Crippen LogP contribution in [0.4, 0.5) is 4.39 Å². The molecule has 0 saturated carbocycles. The first-order valence-electron chi connectivity index (χ1n) is 6.12. The molecule has 1 heterocycles. The molecule has 88 valence electrons. The lowest BCUT2D eigenvalue weighted by Crippen LogP contribution is -2.36. The fraction of sp³-hybridized carbons (Fsp3) is 0.571. The van der Waals surface area contributed by atoms with Gasteiger partial charge >= 0.3 is 0 Å². The lowest BCUT2D eigenvalue weighted by atomic mass is 9.83. The Morgan fingerprint density at radius 2 is 2.25 bits per heavy atom. The lowest BCUT2D eigenvalue weighted by Gasteiger charge is -2.30. The summed E-state index contributed by atoms with van der Waals surface area (Å²) in [6.07, 6.45) is 2.32. The van der Waals surface area contributed by atoms with E-state index in [4.69, 9.17) is 0 Å². The zero-order valence-electron chi connectivity index (χ0n) is 10.1. The van der Waals surface area contributed by atoms with E-state index < -0.39 is 0 Å². The second-order valence-corrected chi connectivity index (χ2v) is 5.01. The minimum absolute atomic E-state index is 0.129. The largest absolute Gasteiger partial charge is 0.316 e. The number of hydrogen-bond donors (Lipinski definition) is 1. The molecule has 2 unspecified atom stereocenters. The van der Waals surface area contributed by atoms with Gasteiger partial charge in [0.05, 0.1) is 0 Å². The Kier molecular flexibility index (Phi) is 3.59. The predicted octanol–water partition coefficient (Wildman–Crippen LogP) is 2.92. The summed E-state index contributed by atoms with van der Waals surface area (Å²) in [4.78, 5) is 0. The Hall–Kier alpha value is -0.890. The van der Waals surface area contributed by atoms with Gasteiger partial charge in [0, 0.05) is 0 Å². The molecule has 0 aromatic heterocycles. The first-order valence-corrected chi connectivity index (χ1v) is 6.12. The fourth-order valence-electron chi connectivity index (χ4n) is 2.50. The molecule has 2 atom stereocenters. The molecule has 2 heteroatoms. The molecule has 1 aromatic rings. The van der Waals surface area contributed by atoms with Gasteiger partial charge in [-0.2, -0.15) is 0 Å². The van der Waals surface area contributed by atoms with Crippen molar-refractivity contribution in [3.8, 4) is 0 Å². The highest BCUT2D eigenvalue weighted by Gasteiger charge is 2.21. The predicted molar refractivity (Wildman–Crippen MR) is 65.0 cm³/mol. The Morgan fingerprint density at radius 1 is 1.44 bits per heavy atom. The van der Waals surface area contributed by atoms with Gasteiger partial charge in [0.15, 0.2) is 0 Å². The fourth-order valence-corrected chi connectivity index (χ4v) is 2.50. The number of hydrogen-bond acceptors (Lipinski definition) is 1. The maximum Gasteiger partial charge on any atom is 0.123 e. The van der Waals surface area contributed by atoms with E-state index in [0.717, 1.165) is 31.0 Å². The monoisotopic (exact) mass is 221 g/mol. The maximum absolute atomic E-state index is 13.0. The van der Waals surface area contributed by atoms with Gasteiger partial charge in [-0.05, 0) is 68.0 Å². The summed E-state index contributed by atoms with van der Waals surface area (Å²) >= 11 is 0. The highest BCUT2D eigenvalue weighted by atomic mass is 19.1. The number of rotatable bonds is 2. The van der Waals surface area contributed by atoms with Gasteiger partial charge in [-0.25, -0.2) is 4.39 Å². The van der Waals surface area contributed by atoms with Crippen LogP contribution >= 0.6 is 0 Å². The molecule has 1 aliphatic rings. The van der Waals surface area contributed by atoms with E-state index in [0.29, 0.717) is 5.92 Å². The molecule has 0 aliphatic carbocycles. The van der Waals surface area contributed by atoms with Crippen molar-refractivity contribution in [3.05, 3.63) is 35.1 Å². The topological polar surface area (TPSA) is 12.0 Å². The van der Waals surface area contributed by atoms with Gasteiger partial charge in [-0.3, -0.25) is 0 Å². The highest BCUT2D eigenvalue weighted by Crippen LogP contribution is 2.24. The molecular formula is C14H20FN. The molecule has 0 bridgehead atoms. The van der Waals surface area contributed by atoms with Crippen LogP contribution in [0.5, 0.6) is 0 Å². The van der Waals surface area contributed by atoms with Crippen LogP contribution in [-0.2, 0) is 6.42 Å². The summed E-state index contributed by atoms with van der Waals surface area (Å²) in [7, 11) is 0. The summed E-state index contributed by atoms with van der Waals surface area (Å²) in [6, 6.07) is 5.14. The SMILES string of the molecule is Cc1cc(F)ccc1CC1CNCCC1C. The molecule has 0 amide bonds. The number of benzene rings is 1. The van der Waals surface area contributed by atoms with Crippen LogP contribution < -0.4 is 5.32 Å². The molecular weight excluding hydrogens is 201 g/mol. The van der Waals surface area contributed by atoms with Crippen molar-refractivity contribution in [3.63, 3.8) is 0 Å². The van der Waals surface area contributed by atoms with Crippen molar-refractivity contribution in [1.82, 2.24) is 5.32 Å². The first kappa shape index (κ1) is 11.6. The number of aryl methyl sites for hydroxylation is 1.